The number of aryl methyl sites for hydroxylation is 1. The van der Waals surface area contributed by atoms with Crippen molar-refractivity contribution in [3.63, 3.8) is 0 Å². The third kappa shape index (κ3) is 2.84. The molecule has 0 spiro atoms. The van der Waals surface area contributed by atoms with Crippen molar-refractivity contribution < 1.29 is 4.74 Å². The molecular formula is C17H26N2O. The molecule has 1 fully saturated rings. The van der Waals surface area contributed by atoms with Gasteiger partial charge in [0.15, 0.2) is 0 Å². The van der Waals surface area contributed by atoms with Crippen molar-refractivity contribution >= 4 is 5.69 Å². The van der Waals surface area contributed by atoms with Gasteiger partial charge in [-0.1, -0.05) is 25.1 Å². The summed E-state index contributed by atoms with van der Waals surface area (Å²) < 4.78 is 5.66. The van der Waals surface area contributed by atoms with Crippen LogP contribution in [0, 0.1) is 5.92 Å². The Kier molecular flexibility index (Phi) is 4.27. The molecule has 1 N–H and O–H groups in total. The van der Waals surface area contributed by atoms with Crippen LogP contribution in [-0.2, 0) is 11.2 Å². The van der Waals surface area contributed by atoms with Gasteiger partial charge < -0.3 is 10.1 Å². The largest absolute Gasteiger partial charge is 0.383 e. The van der Waals surface area contributed by atoms with E-state index in [0.717, 1.165) is 13.1 Å². The Hall–Kier alpha value is -1.06. The molecular weight excluding hydrogens is 248 g/mol. The molecule has 1 aromatic rings. The second-order valence-corrected chi connectivity index (χ2v) is 6.27. The maximum atomic E-state index is 5.66. The van der Waals surface area contributed by atoms with Crippen LogP contribution in [0.4, 0.5) is 5.69 Å². The fraction of sp³-hybridized carbons (Fsp3) is 0.647. The van der Waals surface area contributed by atoms with E-state index >= 15 is 0 Å². The van der Waals surface area contributed by atoms with E-state index in [1.165, 1.54) is 37.1 Å². The number of nitrogens with zero attached hydrogens (tertiary/aromatic N) is 1. The molecule has 20 heavy (non-hydrogen) atoms. The lowest BCUT2D eigenvalue weighted by atomic mass is 9.93. The van der Waals surface area contributed by atoms with Crippen molar-refractivity contribution in [1.82, 2.24) is 4.90 Å². The highest BCUT2D eigenvalue weighted by Crippen LogP contribution is 2.26. The molecule has 0 saturated carbocycles. The number of piperidine rings is 1. The van der Waals surface area contributed by atoms with Gasteiger partial charge >= 0.3 is 0 Å². The molecule has 1 aromatic carbocycles. The number of hydrogen-bond donors (Lipinski definition) is 1. The molecule has 2 aliphatic heterocycles. The molecule has 110 valence electrons. The van der Waals surface area contributed by atoms with Gasteiger partial charge in [-0.15, -0.1) is 0 Å². The minimum absolute atomic E-state index is 0.398. The SMILES string of the molecule is COC1CN(C2CCc3ccccc3NC2)CCC1C. The summed E-state index contributed by atoms with van der Waals surface area (Å²) in [5, 5.41) is 3.63. The molecule has 1 saturated heterocycles. The second kappa shape index (κ2) is 6.15. The van der Waals surface area contributed by atoms with E-state index in [-0.39, 0.29) is 0 Å². The van der Waals surface area contributed by atoms with E-state index in [1.807, 2.05) is 7.11 Å². The van der Waals surface area contributed by atoms with Crippen molar-refractivity contribution in [3.05, 3.63) is 29.8 Å². The van der Waals surface area contributed by atoms with Gasteiger partial charge in [0.05, 0.1) is 6.10 Å². The normalized spacial score (nSPS) is 31.2. The van der Waals surface area contributed by atoms with Gasteiger partial charge in [0.2, 0.25) is 0 Å². The topological polar surface area (TPSA) is 24.5 Å². The smallest absolute Gasteiger partial charge is 0.0724 e. The average Bonchev–Trinajstić information content (AvgIpc) is 2.70. The number of nitrogens with one attached hydrogen (secondary N) is 1. The molecule has 3 rings (SSSR count). The third-order valence-corrected chi connectivity index (χ3v) is 5.03. The van der Waals surface area contributed by atoms with Crippen LogP contribution in [0.1, 0.15) is 25.3 Å². The summed E-state index contributed by atoms with van der Waals surface area (Å²) in [5.41, 5.74) is 2.78. The summed E-state index contributed by atoms with van der Waals surface area (Å²) in [6.07, 6.45) is 4.07. The predicted octanol–water partition coefficient (Wildman–Crippen LogP) is 2.77. The van der Waals surface area contributed by atoms with E-state index in [2.05, 4.69) is 41.4 Å². The summed E-state index contributed by atoms with van der Waals surface area (Å²) in [4.78, 5) is 2.63. The molecule has 2 aliphatic rings. The molecule has 0 aliphatic carbocycles. The Morgan fingerprint density at radius 2 is 2.10 bits per heavy atom. The zero-order valence-electron chi connectivity index (χ0n) is 12.6. The number of rotatable bonds is 2. The minimum Gasteiger partial charge on any atom is -0.383 e. The predicted molar refractivity (Wildman–Crippen MR) is 83.2 cm³/mol. The van der Waals surface area contributed by atoms with Crippen LogP contribution in [0.3, 0.4) is 0 Å². The summed E-state index contributed by atoms with van der Waals surface area (Å²) in [7, 11) is 1.85. The summed E-state index contributed by atoms with van der Waals surface area (Å²) in [6, 6.07) is 9.35. The van der Waals surface area contributed by atoms with Crippen molar-refractivity contribution in [1.29, 1.82) is 0 Å². The molecule has 2 heterocycles. The Morgan fingerprint density at radius 1 is 1.25 bits per heavy atom. The van der Waals surface area contributed by atoms with Gasteiger partial charge in [0.1, 0.15) is 0 Å². The maximum Gasteiger partial charge on any atom is 0.0724 e. The van der Waals surface area contributed by atoms with Gasteiger partial charge in [-0.3, -0.25) is 4.90 Å². The van der Waals surface area contributed by atoms with E-state index in [1.54, 1.807) is 0 Å². The molecule has 0 radical (unpaired) electrons. The lowest BCUT2D eigenvalue weighted by Crippen LogP contribution is -2.50. The van der Waals surface area contributed by atoms with Crippen LogP contribution in [0.15, 0.2) is 24.3 Å². The molecule has 3 heteroatoms. The number of fused-ring (bicyclic) bond motifs is 1. The van der Waals surface area contributed by atoms with Crippen LogP contribution >= 0.6 is 0 Å². The van der Waals surface area contributed by atoms with Crippen molar-refractivity contribution in [3.8, 4) is 0 Å². The number of para-hydroxylation sites is 1. The van der Waals surface area contributed by atoms with E-state index < -0.39 is 0 Å². The third-order valence-electron chi connectivity index (χ3n) is 5.03. The number of ether oxygens (including phenoxy) is 1. The lowest BCUT2D eigenvalue weighted by Gasteiger charge is -2.40. The number of methoxy groups -OCH3 is 1. The van der Waals surface area contributed by atoms with Crippen LogP contribution in [0.2, 0.25) is 0 Å². The molecule has 3 unspecified atom stereocenters. The van der Waals surface area contributed by atoms with Gasteiger partial charge in [0, 0.05) is 31.9 Å². The van der Waals surface area contributed by atoms with Crippen molar-refractivity contribution in [2.75, 3.05) is 32.1 Å². The number of anilines is 1. The quantitative estimate of drug-likeness (QED) is 0.897. The van der Waals surface area contributed by atoms with Crippen LogP contribution in [0.25, 0.3) is 0 Å². The Balaban J connectivity index is 1.65. The van der Waals surface area contributed by atoms with E-state index in [4.69, 9.17) is 4.74 Å². The highest BCUT2D eigenvalue weighted by atomic mass is 16.5. The molecule has 3 atom stereocenters. The van der Waals surface area contributed by atoms with E-state index in [9.17, 15) is 0 Å². The van der Waals surface area contributed by atoms with Crippen LogP contribution in [-0.4, -0.2) is 43.8 Å². The Bertz CT molecular complexity index is 421. The molecule has 0 bridgehead atoms. The first-order chi connectivity index (χ1) is 9.78. The van der Waals surface area contributed by atoms with Crippen LogP contribution in [0.5, 0.6) is 0 Å². The highest BCUT2D eigenvalue weighted by molar-refractivity contribution is 5.52. The first-order valence-corrected chi connectivity index (χ1v) is 7.86. The van der Waals surface area contributed by atoms with Gasteiger partial charge in [0.25, 0.3) is 0 Å². The monoisotopic (exact) mass is 274 g/mol. The molecule has 3 nitrogen and oxygen atoms in total. The summed E-state index contributed by atoms with van der Waals surface area (Å²) in [5.74, 6) is 0.687. The second-order valence-electron chi connectivity index (χ2n) is 6.27. The maximum absolute atomic E-state index is 5.66. The zero-order valence-corrected chi connectivity index (χ0v) is 12.6. The standard InChI is InChI=1S/C17H26N2O/c1-13-9-10-19(12-17(13)20-2)15-8-7-14-5-3-4-6-16(14)18-11-15/h3-6,13,15,17-18H,7-12H2,1-2H3. The lowest BCUT2D eigenvalue weighted by molar-refractivity contribution is -0.0181. The minimum atomic E-state index is 0.398. The molecule has 0 aromatic heterocycles. The summed E-state index contributed by atoms with van der Waals surface area (Å²) >= 11 is 0. The Morgan fingerprint density at radius 3 is 2.95 bits per heavy atom. The van der Waals surface area contributed by atoms with Gasteiger partial charge in [-0.25, -0.2) is 0 Å². The fourth-order valence-electron chi connectivity index (χ4n) is 3.57. The first-order valence-electron chi connectivity index (χ1n) is 7.86. The number of hydrogen-bond acceptors (Lipinski definition) is 3. The van der Waals surface area contributed by atoms with Gasteiger partial charge in [-0.2, -0.15) is 0 Å². The number of likely N-dealkylation sites (tertiary alicyclic amines) is 1. The average molecular weight is 274 g/mol. The molecule has 0 amide bonds. The number of benzene rings is 1. The van der Waals surface area contributed by atoms with Crippen molar-refractivity contribution in [2.24, 2.45) is 5.92 Å². The van der Waals surface area contributed by atoms with E-state index in [0.29, 0.717) is 18.1 Å². The summed E-state index contributed by atoms with van der Waals surface area (Å²) in [6.45, 7) is 5.67. The highest BCUT2D eigenvalue weighted by Gasteiger charge is 2.30. The fourth-order valence-corrected chi connectivity index (χ4v) is 3.57. The van der Waals surface area contributed by atoms with Crippen LogP contribution < -0.4 is 5.32 Å². The Labute approximate surface area is 122 Å². The van der Waals surface area contributed by atoms with Gasteiger partial charge in [-0.05, 0) is 43.4 Å². The first kappa shape index (κ1) is 13.9. The van der Waals surface area contributed by atoms with Crippen molar-refractivity contribution in [2.45, 2.75) is 38.3 Å². The zero-order chi connectivity index (χ0) is 13.9.